The zero-order valence-electron chi connectivity index (χ0n) is 7.60. The Hall–Kier alpha value is -0.590. The van der Waals surface area contributed by atoms with Gasteiger partial charge in [-0.25, -0.2) is 9.78 Å². The Kier molecular flexibility index (Phi) is 4.92. The van der Waals surface area contributed by atoms with Gasteiger partial charge in [-0.2, -0.15) is 11.8 Å². The van der Waals surface area contributed by atoms with Gasteiger partial charge in [-0.1, -0.05) is 0 Å². The third-order valence-corrected chi connectivity index (χ3v) is 3.43. The fourth-order valence-corrected chi connectivity index (χ4v) is 2.47. The Labute approximate surface area is 90.5 Å². The number of aromatic nitrogens is 1. The predicted molar refractivity (Wildman–Crippen MR) is 58.9 cm³/mol. The molecular formula is C8H12N2O2S2. The van der Waals surface area contributed by atoms with Crippen LogP contribution in [0, 0.1) is 0 Å². The third-order valence-electron chi connectivity index (χ3n) is 1.48. The number of nitrogens with two attached hydrogens (primary N) is 1. The number of nitrogens with zero attached hydrogens (tertiary/aromatic N) is 1. The highest BCUT2D eigenvalue weighted by Crippen LogP contribution is 2.16. The van der Waals surface area contributed by atoms with Crippen molar-refractivity contribution < 1.29 is 9.90 Å². The van der Waals surface area contributed by atoms with Crippen molar-refractivity contribution in [2.24, 2.45) is 5.73 Å². The van der Waals surface area contributed by atoms with Gasteiger partial charge in [0.1, 0.15) is 0 Å². The molecule has 1 aromatic rings. The number of carboxylic acid groups (broad SMARTS) is 1. The molecule has 1 heterocycles. The van der Waals surface area contributed by atoms with Gasteiger partial charge in [-0.15, -0.1) is 11.3 Å². The van der Waals surface area contributed by atoms with Crippen LogP contribution in [-0.4, -0.2) is 28.4 Å². The van der Waals surface area contributed by atoms with E-state index in [1.54, 1.807) is 17.1 Å². The zero-order chi connectivity index (χ0) is 10.4. The van der Waals surface area contributed by atoms with Crippen molar-refractivity contribution in [1.82, 2.24) is 4.98 Å². The monoisotopic (exact) mass is 232 g/mol. The van der Waals surface area contributed by atoms with Crippen molar-refractivity contribution in [1.29, 1.82) is 0 Å². The third kappa shape index (κ3) is 3.65. The van der Waals surface area contributed by atoms with Crippen LogP contribution in [0.25, 0.3) is 0 Å². The smallest absolute Gasteiger partial charge is 0.365 e. The minimum atomic E-state index is -0.951. The summed E-state index contributed by atoms with van der Waals surface area (Å²) in [7, 11) is 0. The van der Waals surface area contributed by atoms with Gasteiger partial charge < -0.3 is 10.8 Å². The summed E-state index contributed by atoms with van der Waals surface area (Å²) < 4.78 is 0. The molecule has 0 aliphatic heterocycles. The predicted octanol–water partition coefficient (Wildman–Crippen LogP) is 1.42. The van der Waals surface area contributed by atoms with E-state index in [2.05, 4.69) is 4.98 Å². The zero-order valence-corrected chi connectivity index (χ0v) is 9.24. The summed E-state index contributed by atoms with van der Waals surface area (Å²) in [5.74, 6) is 0.813. The van der Waals surface area contributed by atoms with Gasteiger partial charge in [0.05, 0.1) is 5.69 Å². The lowest BCUT2D eigenvalue weighted by molar-refractivity contribution is 0.0696. The van der Waals surface area contributed by atoms with Crippen LogP contribution < -0.4 is 5.73 Å². The number of thiazole rings is 1. The number of carboxylic acids is 1. The molecule has 0 saturated carbocycles. The normalized spacial score (nSPS) is 10.4. The molecule has 4 nitrogen and oxygen atoms in total. The Balaban J connectivity index is 2.33. The van der Waals surface area contributed by atoms with Crippen molar-refractivity contribution in [2.45, 2.75) is 12.2 Å². The number of carbonyl (C=O) groups is 1. The first kappa shape index (κ1) is 11.5. The summed E-state index contributed by atoms with van der Waals surface area (Å²) in [6.07, 6.45) is 0.987. The lowest BCUT2D eigenvalue weighted by Gasteiger charge is -1.96. The summed E-state index contributed by atoms with van der Waals surface area (Å²) >= 11 is 2.90. The molecule has 0 atom stereocenters. The quantitative estimate of drug-likeness (QED) is 0.725. The van der Waals surface area contributed by atoms with E-state index < -0.39 is 5.97 Å². The Morgan fingerprint density at radius 2 is 2.50 bits per heavy atom. The second-order valence-corrected chi connectivity index (χ2v) is 4.61. The van der Waals surface area contributed by atoms with E-state index in [1.807, 2.05) is 0 Å². The molecule has 0 spiro atoms. The van der Waals surface area contributed by atoms with Crippen LogP contribution in [0.3, 0.4) is 0 Å². The molecule has 0 bridgehead atoms. The molecule has 0 aliphatic rings. The molecule has 1 rings (SSSR count). The molecule has 0 aromatic carbocycles. The molecule has 6 heteroatoms. The minimum Gasteiger partial charge on any atom is -0.476 e. The number of hydrogen-bond donors (Lipinski definition) is 2. The Morgan fingerprint density at radius 1 is 1.71 bits per heavy atom. The average molecular weight is 232 g/mol. The van der Waals surface area contributed by atoms with E-state index >= 15 is 0 Å². The van der Waals surface area contributed by atoms with Crippen LogP contribution in [0.2, 0.25) is 0 Å². The van der Waals surface area contributed by atoms with Crippen LogP contribution in [0.1, 0.15) is 21.9 Å². The first-order valence-electron chi connectivity index (χ1n) is 4.19. The second kappa shape index (κ2) is 6.00. The van der Waals surface area contributed by atoms with E-state index in [1.165, 1.54) is 11.3 Å². The maximum absolute atomic E-state index is 10.5. The van der Waals surface area contributed by atoms with Crippen molar-refractivity contribution in [3.05, 3.63) is 16.1 Å². The lowest BCUT2D eigenvalue weighted by atomic mass is 10.5. The lowest BCUT2D eigenvalue weighted by Crippen LogP contribution is -1.99. The Bertz CT molecular complexity index is 301. The highest BCUT2D eigenvalue weighted by molar-refractivity contribution is 7.98. The fourth-order valence-electron chi connectivity index (χ4n) is 0.834. The van der Waals surface area contributed by atoms with Gasteiger partial charge in [-0.05, 0) is 18.7 Å². The number of thioether (sulfide) groups is 1. The summed E-state index contributed by atoms with van der Waals surface area (Å²) in [4.78, 5) is 14.5. The molecular weight excluding hydrogens is 220 g/mol. The number of rotatable bonds is 6. The van der Waals surface area contributed by atoms with E-state index in [0.717, 1.165) is 23.6 Å². The molecule has 14 heavy (non-hydrogen) atoms. The maximum Gasteiger partial charge on any atom is 0.365 e. The first-order valence-corrected chi connectivity index (χ1v) is 6.23. The number of aromatic carboxylic acids is 1. The van der Waals surface area contributed by atoms with Crippen LogP contribution in [-0.2, 0) is 5.75 Å². The molecule has 1 aromatic heterocycles. The molecule has 0 aliphatic carbocycles. The summed E-state index contributed by atoms with van der Waals surface area (Å²) in [5.41, 5.74) is 6.19. The van der Waals surface area contributed by atoms with Gasteiger partial charge >= 0.3 is 5.97 Å². The van der Waals surface area contributed by atoms with Gasteiger partial charge in [0.25, 0.3) is 0 Å². The van der Waals surface area contributed by atoms with E-state index in [0.29, 0.717) is 6.54 Å². The van der Waals surface area contributed by atoms with Crippen molar-refractivity contribution in [3.8, 4) is 0 Å². The highest BCUT2D eigenvalue weighted by atomic mass is 32.2. The molecule has 0 amide bonds. The first-order chi connectivity index (χ1) is 6.74. The van der Waals surface area contributed by atoms with Crippen LogP contribution >= 0.6 is 23.1 Å². The molecule has 0 saturated heterocycles. The van der Waals surface area contributed by atoms with Gasteiger partial charge in [0.15, 0.2) is 0 Å². The SMILES string of the molecule is NCCCSCc1csc(C(=O)O)n1. The molecule has 0 radical (unpaired) electrons. The molecule has 78 valence electrons. The summed E-state index contributed by atoms with van der Waals surface area (Å²) in [6.45, 7) is 0.699. The second-order valence-electron chi connectivity index (χ2n) is 2.64. The van der Waals surface area contributed by atoms with Crippen molar-refractivity contribution in [3.63, 3.8) is 0 Å². The summed E-state index contributed by atoms with van der Waals surface area (Å²) in [6, 6.07) is 0. The topological polar surface area (TPSA) is 76.2 Å². The van der Waals surface area contributed by atoms with E-state index in [-0.39, 0.29) is 5.01 Å². The summed E-state index contributed by atoms with van der Waals surface area (Å²) in [5, 5.41) is 10.6. The van der Waals surface area contributed by atoms with Crippen LogP contribution in [0.4, 0.5) is 0 Å². The minimum absolute atomic E-state index is 0.166. The molecule has 0 unspecified atom stereocenters. The molecule has 3 N–H and O–H groups in total. The maximum atomic E-state index is 10.5. The highest BCUT2D eigenvalue weighted by Gasteiger charge is 2.08. The molecule has 0 fully saturated rings. The van der Waals surface area contributed by atoms with Crippen molar-refractivity contribution >= 4 is 29.1 Å². The van der Waals surface area contributed by atoms with Gasteiger partial charge in [0.2, 0.25) is 5.01 Å². The fraction of sp³-hybridized carbons (Fsp3) is 0.500. The van der Waals surface area contributed by atoms with Gasteiger partial charge in [0, 0.05) is 11.1 Å². The van der Waals surface area contributed by atoms with Crippen LogP contribution in [0.5, 0.6) is 0 Å². The average Bonchev–Trinajstić information content (AvgIpc) is 2.61. The standard InChI is InChI=1S/C8H12N2O2S2/c9-2-1-3-13-4-6-5-14-7(10-6)8(11)12/h5H,1-4,9H2,(H,11,12). The van der Waals surface area contributed by atoms with Crippen LogP contribution in [0.15, 0.2) is 5.38 Å². The van der Waals surface area contributed by atoms with Gasteiger partial charge in [-0.3, -0.25) is 0 Å². The largest absolute Gasteiger partial charge is 0.476 e. The number of hydrogen-bond acceptors (Lipinski definition) is 5. The van der Waals surface area contributed by atoms with E-state index in [4.69, 9.17) is 10.8 Å². The Morgan fingerprint density at radius 3 is 3.07 bits per heavy atom. The van der Waals surface area contributed by atoms with E-state index in [9.17, 15) is 4.79 Å². The van der Waals surface area contributed by atoms with Crippen molar-refractivity contribution in [2.75, 3.05) is 12.3 Å².